The van der Waals surface area contributed by atoms with Gasteiger partial charge in [0.05, 0.1) is 71.2 Å². The molecule has 9 fully saturated rings. The zero-order valence-electron chi connectivity index (χ0n) is 61.6. The summed E-state index contributed by atoms with van der Waals surface area (Å²) in [6.45, 7) is -4.11. The predicted octanol–water partition coefficient (Wildman–Crippen LogP) is -19.8. The average Bonchev–Trinajstić information content (AvgIpc) is 0.758. The predicted molar refractivity (Wildman–Crippen MR) is 351 cm³/mol. The molecular weight excluding hydrogens is 1560 g/mol. The van der Waals surface area contributed by atoms with Gasteiger partial charge in [-0.3, -0.25) is 9.59 Å². The molecular formula is C64H110N2O48. The maximum absolute atomic E-state index is 13.7. The second-order valence-electron chi connectivity index (χ2n) is 29.2. The maximum atomic E-state index is 13.7. The lowest BCUT2D eigenvalue weighted by Crippen LogP contribution is -2.72. The molecule has 9 aliphatic rings. The van der Waals surface area contributed by atoms with E-state index in [-0.39, 0.29) is 0 Å². The highest BCUT2D eigenvalue weighted by atomic mass is 16.8. The van der Waals surface area contributed by atoms with Crippen molar-refractivity contribution in [2.75, 3.05) is 52.9 Å². The quantitative estimate of drug-likeness (QED) is 0.0306. The van der Waals surface area contributed by atoms with Crippen LogP contribution >= 0.6 is 0 Å². The van der Waals surface area contributed by atoms with Crippen LogP contribution in [0.4, 0.5) is 0 Å². The van der Waals surface area contributed by atoms with Crippen molar-refractivity contribution in [1.82, 2.24) is 10.6 Å². The molecule has 0 aromatic rings. The van der Waals surface area contributed by atoms with E-state index in [9.17, 15) is 153 Å². The fraction of sp³-hybridized carbons (Fsp3) is 0.969. The van der Waals surface area contributed by atoms with Crippen LogP contribution in [0.5, 0.6) is 0 Å². The Labute approximate surface area is 646 Å². The summed E-state index contributed by atoms with van der Waals surface area (Å²) in [6.07, 6.45) is -99.2. The zero-order chi connectivity index (χ0) is 84.2. The number of hydrogen-bond acceptors (Lipinski definition) is 48. The van der Waals surface area contributed by atoms with Gasteiger partial charge in [0.1, 0.15) is 226 Å². The van der Waals surface area contributed by atoms with Crippen molar-refractivity contribution in [3.63, 3.8) is 0 Å². The highest BCUT2D eigenvalue weighted by molar-refractivity contribution is 5.73. The van der Waals surface area contributed by atoms with E-state index in [4.69, 9.17) is 85.3 Å². The fourth-order valence-corrected chi connectivity index (χ4v) is 14.6. The van der Waals surface area contributed by atoms with Gasteiger partial charge < -0.3 is 239 Å². The van der Waals surface area contributed by atoms with Gasteiger partial charge in [-0.1, -0.05) is 0 Å². The van der Waals surface area contributed by atoms with Gasteiger partial charge in [0.15, 0.2) is 56.6 Å². The molecule has 0 saturated carbocycles. The Balaban J connectivity index is 1.09. The molecule has 0 spiro atoms. The van der Waals surface area contributed by atoms with Crippen LogP contribution < -0.4 is 10.6 Å². The number of carbonyl (C=O) groups excluding carboxylic acids is 2. The molecule has 9 saturated heterocycles. The van der Waals surface area contributed by atoms with Gasteiger partial charge in [-0.2, -0.15) is 0 Å². The summed E-state index contributed by atoms with van der Waals surface area (Å²) in [5.74, 6) is -2.09. The zero-order valence-corrected chi connectivity index (χ0v) is 61.6. The lowest BCUT2D eigenvalue weighted by Gasteiger charge is -2.53. The first-order valence-electron chi connectivity index (χ1n) is 36.7. The van der Waals surface area contributed by atoms with Crippen molar-refractivity contribution in [1.29, 1.82) is 0 Å². The van der Waals surface area contributed by atoms with Crippen molar-refractivity contribution in [3.05, 3.63) is 0 Å². The van der Waals surface area contributed by atoms with Crippen LogP contribution in [0.25, 0.3) is 0 Å². The van der Waals surface area contributed by atoms with E-state index in [2.05, 4.69) is 10.6 Å². The minimum atomic E-state index is -2.56. The van der Waals surface area contributed by atoms with E-state index in [1.807, 2.05) is 0 Å². The van der Waals surface area contributed by atoms with Gasteiger partial charge >= 0.3 is 0 Å². The van der Waals surface area contributed by atoms with Crippen LogP contribution in [0.3, 0.4) is 0 Å². The Hall–Kier alpha value is -2.90. The summed E-state index contributed by atoms with van der Waals surface area (Å²) in [6, 6.07) is -4.20. The first-order chi connectivity index (χ1) is 53.8. The molecule has 0 aromatic carbocycles. The Kier molecular flexibility index (Phi) is 34.4. The van der Waals surface area contributed by atoms with Crippen LogP contribution in [-0.2, 0) is 94.9 Å². The van der Waals surface area contributed by atoms with E-state index in [0.717, 1.165) is 13.8 Å². The number of ether oxygens (including phenoxy) is 18. The van der Waals surface area contributed by atoms with Gasteiger partial charge in [-0.25, -0.2) is 0 Å². The number of hydrogen-bond donors (Lipinski definition) is 30. The van der Waals surface area contributed by atoms with Gasteiger partial charge in [0, 0.05) is 13.8 Å². The smallest absolute Gasteiger partial charge is 0.217 e. The number of amides is 2. The van der Waals surface area contributed by atoms with Crippen molar-refractivity contribution >= 4 is 11.8 Å². The van der Waals surface area contributed by atoms with Crippen molar-refractivity contribution in [2.24, 2.45) is 0 Å². The first kappa shape index (κ1) is 94.9. The first-order valence-corrected chi connectivity index (χ1v) is 36.7. The molecule has 0 aliphatic carbocycles. The van der Waals surface area contributed by atoms with Crippen LogP contribution in [0.1, 0.15) is 34.6 Å². The highest BCUT2D eigenvalue weighted by Crippen LogP contribution is 2.42. The summed E-state index contributed by atoms with van der Waals surface area (Å²) < 4.78 is 109. The lowest BCUT2D eigenvalue weighted by molar-refractivity contribution is -0.412. The van der Waals surface area contributed by atoms with Crippen molar-refractivity contribution in [3.8, 4) is 0 Å². The van der Waals surface area contributed by atoms with Crippen molar-refractivity contribution in [2.45, 2.75) is 335 Å². The van der Waals surface area contributed by atoms with Crippen LogP contribution in [0, 0.1) is 0 Å². The molecule has 114 heavy (non-hydrogen) atoms. The summed E-state index contributed by atoms with van der Waals surface area (Å²) in [4.78, 5) is 27.2. The number of rotatable bonds is 31. The largest absolute Gasteiger partial charge is 0.394 e. The second kappa shape index (κ2) is 41.3. The molecule has 0 radical (unpaired) electrons. The molecule has 0 unspecified atom stereocenters. The molecule has 30 N–H and O–H groups in total. The molecule has 50 nitrogen and oxygen atoms in total. The van der Waals surface area contributed by atoms with Gasteiger partial charge in [-0.05, 0) is 20.8 Å². The SMILES string of the molecule is CC(=O)N[C@H]1[C@H](O[C@H]2[C@@H](O)[C@@H](CO)O[C@@H](O[C@@H]([C@H](O)[C@@H](O)CO)[C@H](O)CO)[C@@H]2O)O[C@H](CO)[C@@H](O[C@@H]2O[C@H](CO)[C@H](O)[C@H](O[C@@H]3O[C@H](CO)[C@@H](O[C@@H]4O[C@H](CO)[C@H](O)[C@H](O[C@H]5O[C@H](CO)[C@H](O)[C@H](O)[C@H]5O)[C@H]4O[C@@H]4O[C@@H](C)[C@@H](O)[C@@H](O)[C@@H]4O)[C@H](O[C@@H]4O[C@@H](C)[C@@H](O)[C@@H](O)[C@@H]4O)[C@H]3NC(C)=O)[C@H]2O)[C@@H]1O[C@@H]1O[C@@H](C)[C@@H](O)[C@@H](O)[C@@H]1O. The normalized spacial score (nSPS) is 49.6. The maximum Gasteiger partial charge on any atom is 0.217 e. The molecule has 49 atom stereocenters. The molecule has 0 bridgehead atoms. The average molecular weight is 1680 g/mol. The van der Waals surface area contributed by atoms with E-state index >= 15 is 0 Å². The molecule has 2 amide bonds. The number of nitrogens with one attached hydrogen (secondary N) is 2. The molecule has 0 aromatic heterocycles. The van der Waals surface area contributed by atoms with Gasteiger partial charge in [0.2, 0.25) is 11.8 Å². The number of aliphatic hydroxyl groups excluding tert-OH is 28. The molecule has 9 rings (SSSR count). The molecule has 9 aliphatic heterocycles. The summed E-state index contributed by atoms with van der Waals surface area (Å²) >= 11 is 0. The van der Waals surface area contributed by atoms with E-state index in [1.54, 1.807) is 0 Å². The highest BCUT2D eigenvalue weighted by Gasteiger charge is 2.63. The monoisotopic (exact) mass is 1670 g/mol. The second-order valence-corrected chi connectivity index (χ2v) is 29.2. The minimum absolute atomic E-state index is 0.893. The van der Waals surface area contributed by atoms with Gasteiger partial charge in [-0.15, -0.1) is 0 Å². The Bertz CT molecular complexity index is 2940. The van der Waals surface area contributed by atoms with E-state index in [0.29, 0.717) is 0 Å². The third-order valence-electron chi connectivity index (χ3n) is 21.2. The third-order valence-corrected chi connectivity index (χ3v) is 21.2. The number of carbonyl (C=O) groups is 2. The Morgan fingerprint density at radius 2 is 0.553 bits per heavy atom. The number of aliphatic hydroxyl groups is 28. The summed E-state index contributed by atoms with van der Waals surface area (Å²) in [7, 11) is 0. The topological polar surface area (TPSA) is 791 Å². The Morgan fingerprint density at radius 1 is 0.281 bits per heavy atom. The van der Waals surface area contributed by atoms with Crippen LogP contribution in [0.2, 0.25) is 0 Å². The fourth-order valence-electron chi connectivity index (χ4n) is 14.6. The van der Waals surface area contributed by atoms with Crippen molar-refractivity contribution < 1.29 is 238 Å². The van der Waals surface area contributed by atoms with E-state index in [1.165, 1.54) is 20.8 Å². The molecule has 664 valence electrons. The summed E-state index contributed by atoms with van der Waals surface area (Å²) in [5, 5.41) is 314. The lowest BCUT2D eigenvalue weighted by atomic mass is 9.93. The van der Waals surface area contributed by atoms with Gasteiger partial charge in [0.25, 0.3) is 0 Å². The van der Waals surface area contributed by atoms with E-state index < -0.39 is 365 Å². The summed E-state index contributed by atoms with van der Waals surface area (Å²) in [5.41, 5.74) is 0. The van der Waals surface area contributed by atoms with Crippen LogP contribution in [-0.4, -0.2) is 508 Å². The third kappa shape index (κ3) is 20.5. The minimum Gasteiger partial charge on any atom is -0.394 e. The molecule has 50 heteroatoms. The van der Waals surface area contributed by atoms with Crippen LogP contribution in [0.15, 0.2) is 0 Å². The standard InChI is InChI=1S/C64H110N2O48/c1-14-29(79)37(87)41(91)58(97-14)109-50-27(65-17(4)75)56(111-52-34(84)22(9-70)101-62(45(52)95)106-47(20(78)7-68)32(82)19(77)6-67)104-25(12-73)48(50)107-63-46(96)53(35(85)23(10-71)102-63)112-57-28(66-18(5)76)51(110-59-42(92)38(88)30(80)15(2)98-59)49(26(13-74)105-57)108-64-55(114-60-43(93)39(89)31(81)16(3)99-60)54(36(86)24(11-72)103-64)113-61-44(94)40(90)33(83)21(8-69)100-61/h14-16,19-64,67-74,77-96H,6-13H2,1-5H3,(H,65,75)(H,66,76)/t14-,15-,16-,19-,20+,21+,22+,23+,24+,25+,26+,27+,28+,29+,30+,31+,32+,33-,34-,35-,36-,37+,38+,39+,40-,41-,42-,43-,44+,45+,46+,47+,48+,49+,50+,51+,52-,53-,54-,55+,56-,57-,58-,59-,60-,61+,62-,63-,64-/m0/s1. The Morgan fingerprint density at radius 3 is 0.921 bits per heavy atom. The molecule has 9 heterocycles.